The Labute approximate surface area is 168 Å². The maximum Gasteiger partial charge on any atom is 0.254 e. The summed E-state index contributed by atoms with van der Waals surface area (Å²) in [4.78, 5) is 15.5. The Hall–Kier alpha value is -1.44. The van der Waals surface area contributed by atoms with Crippen LogP contribution in [0.25, 0.3) is 0 Å². The minimum Gasteiger partial charge on any atom is -0.379 e. The summed E-state index contributed by atoms with van der Waals surface area (Å²) in [5.74, 6) is -0.0667. The third-order valence-electron chi connectivity index (χ3n) is 5.79. The summed E-state index contributed by atoms with van der Waals surface area (Å²) in [7, 11) is -3.64. The zero-order valence-corrected chi connectivity index (χ0v) is 18.0. The Morgan fingerprint density at radius 2 is 1.86 bits per heavy atom. The fourth-order valence-electron chi connectivity index (χ4n) is 4.30. The lowest BCUT2D eigenvalue weighted by atomic mass is 10.1. The van der Waals surface area contributed by atoms with Crippen LogP contribution >= 0.6 is 0 Å². The Morgan fingerprint density at radius 3 is 2.43 bits per heavy atom. The van der Waals surface area contributed by atoms with Crippen LogP contribution in [0.5, 0.6) is 0 Å². The number of hydrogen-bond acceptors (Lipinski definition) is 4. The number of carbonyl (C=O) groups excluding carboxylic acids is 1. The van der Waals surface area contributed by atoms with E-state index in [9.17, 15) is 13.2 Å². The highest BCUT2D eigenvalue weighted by molar-refractivity contribution is 7.89. The number of morpholine rings is 1. The summed E-state index contributed by atoms with van der Waals surface area (Å²) < 4.78 is 33.3. The van der Waals surface area contributed by atoms with Gasteiger partial charge >= 0.3 is 0 Å². The van der Waals surface area contributed by atoms with Gasteiger partial charge in [0, 0.05) is 30.7 Å². The van der Waals surface area contributed by atoms with E-state index < -0.39 is 10.0 Å². The van der Waals surface area contributed by atoms with Crippen LogP contribution in [0.2, 0.25) is 0 Å². The van der Waals surface area contributed by atoms with E-state index in [4.69, 9.17) is 4.74 Å². The number of nitrogens with zero attached hydrogens (tertiary/aromatic N) is 2. The lowest BCUT2D eigenvalue weighted by Gasteiger charge is -2.33. The molecule has 1 saturated heterocycles. The first kappa shape index (κ1) is 21.3. The summed E-state index contributed by atoms with van der Waals surface area (Å²) in [5.41, 5.74) is 1.21. The lowest BCUT2D eigenvalue weighted by Crippen LogP contribution is -2.44. The van der Waals surface area contributed by atoms with Crippen LogP contribution < -0.4 is 0 Å². The van der Waals surface area contributed by atoms with Crippen molar-refractivity contribution in [1.29, 1.82) is 0 Å². The number of benzene rings is 1. The van der Waals surface area contributed by atoms with Crippen molar-refractivity contribution >= 4 is 15.9 Å². The molecule has 1 aliphatic carbocycles. The molecule has 0 bridgehead atoms. The molecule has 0 spiro atoms. The van der Waals surface area contributed by atoms with Crippen molar-refractivity contribution in [2.75, 3.05) is 26.3 Å². The van der Waals surface area contributed by atoms with Crippen molar-refractivity contribution in [3.63, 3.8) is 0 Å². The molecule has 1 aromatic carbocycles. The van der Waals surface area contributed by atoms with Gasteiger partial charge in [-0.2, -0.15) is 4.31 Å². The van der Waals surface area contributed by atoms with Gasteiger partial charge in [-0.25, -0.2) is 8.42 Å². The molecule has 0 N–H and O–H groups in total. The van der Waals surface area contributed by atoms with Crippen LogP contribution in [-0.4, -0.2) is 61.9 Å². The Morgan fingerprint density at radius 1 is 1.21 bits per heavy atom. The number of hydrogen-bond donors (Lipinski definition) is 0. The minimum atomic E-state index is -3.64. The van der Waals surface area contributed by atoms with Gasteiger partial charge in [0.05, 0.1) is 18.1 Å². The molecule has 0 aromatic heterocycles. The Bertz CT molecular complexity index is 795. The molecular formula is C21H32N2O4S. The molecule has 7 heteroatoms. The summed E-state index contributed by atoms with van der Waals surface area (Å²) in [6.45, 7) is 7.51. The summed E-state index contributed by atoms with van der Waals surface area (Å²) >= 11 is 0. The maximum absolute atomic E-state index is 13.3. The highest BCUT2D eigenvalue weighted by Gasteiger charge is 2.32. The van der Waals surface area contributed by atoms with Crippen LogP contribution in [0.3, 0.4) is 0 Å². The van der Waals surface area contributed by atoms with Gasteiger partial charge in [-0.3, -0.25) is 4.79 Å². The number of ether oxygens (including phenoxy) is 1. The van der Waals surface area contributed by atoms with Crippen molar-refractivity contribution in [3.8, 4) is 0 Å². The summed E-state index contributed by atoms with van der Waals surface area (Å²) in [6, 6.07) is 5.51. The van der Waals surface area contributed by atoms with Gasteiger partial charge in [0.25, 0.3) is 5.91 Å². The first-order valence-corrected chi connectivity index (χ1v) is 11.8. The molecule has 6 nitrogen and oxygen atoms in total. The molecule has 1 heterocycles. The zero-order valence-electron chi connectivity index (χ0n) is 17.2. The van der Waals surface area contributed by atoms with E-state index in [-0.39, 0.29) is 22.9 Å². The topological polar surface area (TPSA) is 66.9 Å². The van der Waals surface area contributed by atoms with E-state index in [0.717, 1.165) is 31.2 Å². The Kier molecular flexibility index (Phi) is 6.78. The zero-order chi connectivity index (χ0) is 20.3. The molecule has 3 rings (SSSR count). The SMILES string of the molecule is CCc1ccc(C(=O)N(C(C)C)C2CCCC2)cc1S(=O)(=O)N1CCOCC1. The molecule has 1 aromatic rings. The van der Waals surface area contributed by atoms with Crippen LogP contribution in [-0.2, 0) is 21.2 Å². The number of carbonyl (C=O) groups is 1. The number of sulfonamides is 1. The molecule has 2 aliphatic rings. The largest absolute Gasteiger partial charge is 0.379 e. The highest BCUT2D eigenvalue weighted by atomic mass is 32.2. The number of amides is 1. The molecule has 0 unspecified atom stereocenters. The van der Waals surface area contributed by atoms with E-state index >= 15 is 0 Å². The van der Waals surface area contributed by atoms with Gasteiger partial charge in [-0.15, -0.1) is 0 Å². The molecule has 1 amide bonds. The molecule has 2 fully saturated rings. The normalized spacial score (nSPS) is 19.3. The average Bonchev–Trinajstić information content (AvgIpc) is 3.22. The minimum absolute atomic E-state index is 0.0667. The third-order valence-corrected chi connectivity index (χ3v) is 7.77. The number of aryl methyl sites for hydroxylation is 1. The second-order valence-electron chi connectivity index (χ2n) is 7.94. The van der Waals surface area contributed by atoms with E-state index in [2.05, 4.69) is 0 Å². The second-order valence-corrected chi connectivity index (χ2v) is 9.84. The lowest BCUT2D eigenvalue weighted by molar-refractivity contribution is 0.0613. The van der Waals surface area contributed by atoms with Crippen LogP contribution in [0.15, 0.2) is 23.1 Å². The first-order chi connectivity index (χ1) is 13.4. The van der Waals surface area contributed by atoms with Crippen LogP contribution in [0.4, 0.5) is 0 Å². The van der Waals surface area contributed by atoms with Crippen LogP contribution in [0, 0.1) is 0 Å². The summed E-state index contributed by atoms with van der Waals surface area (Å²) in [5, 5.41) is 0. The van der Waals surface area contributed by atoms with Gasteiger partial charge in [-0.05, 0) is 50.8 Å². The van der Waals surface area contributed by atoms with Crippen molar-refractivity contribution in [2.45, 2.75) is 69.9 Å². The maximum atomic E-state index is 13.3. The van der Waals surface area contributed by atoms with Gasteiger partial charge in [0.2, 0.25) is 10.0 Å². The summed E-state index contributed by atoms with van der Waals surface area (Å²) in [6.07, 6.45) is 4.94. The van der Waals surface area contributed by atoms with Gasteiger partial charge in [-0.1, -0.05) is 25.8 Å². The molecule has 0 atom stereocenters. The molecular weight excluding hydrogens is 376 g/mol. The molecule has 156 valence electrons. The van der Waals surface area contributed by atoms with Crippen LogP contribution in [0.1, 0.15) is 62.4 Å². The molecule has 28 heavy (non-hydrogen) atoms. The predicted octanol–water partition coefficient (Wildman–Crippen LogP) is 3.06. The standard InChI is InChI=1S/C21H32N2O4S/c1-4-17-9-10-18(21(24)23(16(2)3)19-7-5-6-8-19)15-20(17)28(25,26)22-11-13-27-14-12-22/h9-10,15-16,19H,4-8,11-14H2,1-3H3. The van der Waals surface area contributed by atoms with Crippen molar-refractivity contribution < 1.29 is 17.9 Å². The number of rotatable bonds is 6. The van der Waals surface area contributed by atoms with Crippen molar-refractivity contribution in [1.82, 2.24) is 9.21 Å². The van der Waals surface area contributed by atoms with Gasteiger partial charge in [0.15, 0.2) is 0 Å². The van der Waals surface area contributed by atoms with E-state index in [1.807, 2.05) is 25.7 Å². The molecule has 0 radical (unpaired) electrons. The van der Waals surface area contributed by atoms with Gasteiger partial charge < -0.3 is 9.64 Å². The smallest absolute Gasteiger partial charge is 0.254 e. The van der Waals surface area contributed by atoms with Gasteiger partial charge in [0.1, 0.15) is 0 Å². The van der Waals surface area contributed by atoms with E-state index in [0.29, 0.717) is 38.3 Å². The highest BCUT2D eigenvalue weighted by Crippen LogP contribution is 2.29. The first-order valence-electron chi connectivity index (χ1n) is 10.4. The monoisotopic (exact) mass is 408 g/mol. The van der Waals surface area contributed by atoms with E-state index in [1.54, 1.807) is 18.2 Å². The second kappa shape index (κ2) is 8.93. The van der Waals surface area contributed by atoms with E-state index in [1.165, 1.54) is 4.31 Å². The molecule has 1 saturated carbocycles. The Balaban J connectivity index is 1.96. The quantitative estimate of drug-likeness (QED) is 0.726. The molecule has 1 aliphatic heterocycles. The van der Waals surface area contributed by atoms with Crippen molar-refractivity contribution in [2.24, 2.45) is 0 Å². The third kappa shape index (κ3) is 4.26. The van der Waals surface area contributed by atoms with Crippen molar-refractivity contribution in [3.05, 3.63) is 29.3 Å². The fraction of sp³-hybridized carbons (Fsp3) is 0.667. The predicted molar refractivity (Wildman–Crippen MR) is 109 cm³/mol. The fourth-order valence-corrected chi connectivity index (χ4v) is 6.03. The average molecular weight is 409 g/mol.